The van der Waals surface area contributed by atoms with Gasteiger partial charge in [0.15, 0.2) is 40.0 Å². The number of aromatic hydroxyl groups is 1. The fourth-order valence-electron chi connectivity index (χ4n) is 10.7. The van der Waals surface area contributed by atoms with Gasteiger partial charge in [0.25, 0.3) is 0 Å². The molecule has 4 bridgehead atoms. The zero-order chi connectivity index (χ0) is 46.7. The van der Waals surface area contributed by atoms with Crippen LogP contribution >= 0.6 is 11.8 Å². The Morgan fingerprint density at radius 3 is 2.38 bits per heavy atom. The number of piperazine rings is 1. The molecule has 1 spiro atoms. The Balaban J connectivity index is 1.26. The standard InChI is InChI=1S/C47H59N3O14S/c1-21-14-24-15-26-41(52)50-27-18-58-42(53)47(25-17-28(56-10)29(16-23(25)12-13-48-47)61-43(54)63-45(3,4)5)19-65-40(34(50)33(49(26)9)30(24)35(51)36(21)57-11)32-31(27)39-38(59-20-60-39)22(2)37(32)62-44(55)64-46(6,7)8/h14,16-17,26-27,33-34,40-41,44,48,51-52,55H,12-13,15,18-20H2,1-11H3/t26-,27-,33-,34?,40+,41-,44?,47+/m0/s1. The smallest absolute Gasteiger partial charge is 0.504 e. The summed E-state index contributed by atoms with van der Waals surface area (Å²) in [5, 5.41) is 39.3. The van der Waals surface area contributed by atoms with Crippen LogP contribution in [0.15, 0.2) is 18.2 Å². The molecule has 7 aliphatic heterocycles. The minimum atomic E-state index is -1.70. The van der Waals surface area contributed by atoms with Crippen molar-refractivity contribution in [2.75, 3.05) is 47.0 Å². The van der Waals surface area contributed by atoms with Gasteiger partial charge in [-0.25, -0.2) is 9.59 Å². The number of rotatable bonds is 6. The van der Waals surface area contributed by atoms with E-state index in [1.807, 2.05) is 52.6 Å². The molecule has 3 aromatic carbocycles. The molecule has 0 aliphatic carbocycles. The number of nitrogens with one attached hydrogen (secondary N) is 1. The topological polar surface area (TPSA) is 196 Å². The van der Waals surface area contributed by atoms with E-state index in [2.05, 4.69) is 10.2 Å². The van der Waals surface area contributed by atoms with Crippen molar-refractivity contribution in [2.24, 2.45) is 0 Å². The van der Waals surface area contributed by atoms with Crippen LogP contribution < -0.4 is 33.7 Å². The van der Waals surface area contributed by atoms with Gasteiger partial charge in [0.2, 0.25) is 6.79 Å². The molecule has 3 aromatic rings. The van der Waals surface area contributed by atoms with Gasteiger partial charge in [-0.1, -0.05) is 6.07 Å². The lowest BCUT2D eigenvalue weighted by atomic mass is 9.73. The first-order valence-electron chi connectivity index (χ1n) is 21.9. The summed E-state index contributed by atoms with van der Waals surface area (Å²) >= 11 is 1.44. The summed E-state index contributed by atoms with van der Waals surface area (Å²) in [5.41, 5.74) is 2.39. The molecule has 65 heavy (non-hydrogen) atoms. The van der Waals surface area contributed by atoms with Gasteiger partial charge in [0.05, 0.1) is 43.2 Å². The highest BCUT2D eigenvalue weighted by Gasteiger charge is 2.61. The molecule has 10 rings (SSSR count). The molecule has 0 radical (unpaired) electrons. The highest BCUT2D eigenvalue weighted by molar-refractivity contribution is 7.99. The molecule has 352 valence electrons. The summed E-state index contributed by atoms with van der Waals surface area (Å²) in [6, 6.07) is 2.97. The Kier molecular flexibility index (Phi) is 11.4. The van der Waals surface area contributed by atoms with E-state index < -0.39 is 71.0 Å². The summed E-state index contributed by atoms with van der Waals surface area (Å²) in [6.45, 7) is 12.7. The number of phenols is 1. The van der Waals surface area contributed by atoms with Crippen molar-refractivity contribution in [1.82, 2.24) is 15.1 Å². The maximum Gasteiger partial charge on any atom is 0.514 e. The lowest BCUT2D eigenvalue weighted by Crippen LogP contribution is -2.70. The lowest BCUT2D eigenvalue weighted by molar-refractivity contribution is -0.260. The van der Waals surface area contributed by atoms with Crippen LogP contribution in [0.3, 0.4) is 0 Å². The fraction of sp³-hybridized carbons (Fsp3) is 0.574. The first-order valence-corrected chi connectivity index (χ1v) is 22.9. The van der Waals surface area contributed by atoms with E-state index in [1.54, 1.807) is 32.9 Å². The Bertz CT molecular complexity index is 2430. The normalized spacial score (nSPS) is 27.4. The Morgan fingerprint density at radius 1 is 0.954 bits per heavy atom. The quantitative estimate of drug-likeness (QED) is 0.136. The number of carbonyl (C=O) groups excluding carboxylic acids is 2. The summed E-state index contributed by atoms with van der Waals surface area (Å²) in [7, 11) is 4.94. The monoisotopic (exact) mass is 921 g/mol. The average Bonchev–Trinajstić information content (AvgIpc) is 3.71. The van der Waals surface area contributed by atoms with Crippen molar-refractivity contribution in [3.63, 3.8) is 0 Å². The molecule has 2 saturated heterocycles. The number of hydrogen-bond acceptors (Lipinski definition) is 18. The second-order valence-electron chi connectivity index (χ2n) is 19.5. The maximum absolute atomic E-state index is 15.1. The molecule has 17 nitrogen and oxygen atoms in total. The van der Waals surface area contributed by atoms with E-state index in [0.29, 0.717) is 70.2 Å². The number of methoxy groups -OCH3 is 2. The van der Waals surface area contributed by atoms with Gasteiger partial charge in [0.1, 0.15) is 24.2 Å². The van der Waals surface area contributed by atoms with Gasteiger partial charge in [0, 0.05) is 40.6 Å². The number of benzene rings is 3. The molecule has 2 fully saturated rings. The summed E-state index contributed by atoms with van der Waals surface area (Å²) in [6.07, 6.45) is -1.08. The van der Waals surface area contributed by atoms with Gasteiger partial charge in [-0.3, -0.25) is 15.1 Å². The van der Waals surface area contributed by atoms with E-state index in [9.17, 15) is 20.1 Å². The van der Waals surface area contributed by atoms with Crippen molar-refractivity contribution >= 4 is 23.9 Å². The third-order valence-electron chi connectivity index (χ3n) is 13.3. The SMILES string of the molecule is COc1cc2c(cc1OC(=O)OC(C)(C)C)CCN[C@]21CS[C@@H]2c3c(OC(O)OC(C)(C)C)c(C)c4c(c3[C@H](COC1=O)N1C2[C@@H]2c3c(cc(C)c(OC)c3O)C[C@@H]([C@@H]1O)N2C)OCO4. The number of thioether (sulfide) groups is 1. The summed E-state index contributed by atoms with van der Waals surface area (Å²) in [5.74, 6) is 1.37. The number of ether oxygens (including phenoxy) is 9. The van der Waals surface area contributed by atoms with Gasteiger partial charge in [-0.15, -0.1) is 11.8 Å². The van der Waals surface area contributed by atoms with Crippen molar-refractivity contribution in [3.8, 4) is 40.2 Å². The van der Waals surface area contributed by atoms with Crippen LogP contribution in [0.2, 0.25) is 0 Å². The van der Waals surface area contributed by atoms with E-state index in [-0.39, 0.29) is 36.4 Å². The van der Waals surface area contributed by atoms with Gasteiger partial charge < -0.3 is 58.0 Å². The number of hydrogen-bond donors (Lipinski definition) is 4. The molecular formula is C47H59N3O14S. The zero-order valence-corrected chi connectivity index (χ0v) is 39.5. The second-order valence-corrected chi connectivity index (χ2v) is 20.7. The number of aryl methyl sites for hydroxylation is 1. The van der Waals surface area contributed by atoms with Crippen LogP contribution in [0.4, 0.5) is 4.79 Å². The minimum absolute atomic E-state index is 0.0157. The minimum Gasteiger partial charge on any atom is -0.504 e. The number of likely N-dealkylation sites (N-methyl/N-ethyl adjacent to an activating group) is 1. The highest BCUT2D eigenvalue weighted by Crippen LogP contribution is 2.64. The molecule has 7 heterocycles. The number of phenolic OH excluding ortho intramolecular Hbond substituents is 1. The highest BCUT2D eigenvalue weighted by atomic mass is 32.2. The average molecular weight is 922 g/mol. The third kappa shape index (κ3) is 7.49. The van der Waals surface area contributed by atoms with Gasteiger partial charge in [-0.2, -0.15) is 0 Å². The van der Waals surface area contributed by atoms with Crippen LogP contribution in [0, 0.1) is 13.8 Å². The molecule has 2 unspecified atom stereocenters. The lowest BCUT2D eigenvalue weighted by Gasteiger charge is -2.62. The molecule has 8 atom stereocenters. The van der Waals surface area contributed by atoms with E-state index in [1.165, 1.54) is 26.0 Å². The first-order chi connectivity index (χ1) is 30.7. The number of esters is 1. The fourth-order valence-corrected chi connectivity index (χ4v) is 12.4. The predicted octanol–water partition coefficient (Wildman–Crippen LogP) is 5.57. The van der Waals surface area contributed by atoms with E-state index in [4.69, 9.17) is 42.6 Å². The molecule has 0 amide bonds. The molecule has 4 N–H and O–H groups in total. The molecule has 7 aliphatic rings. The van der Waals surface area contributed by atoms with Crippen molar-refractivity contribution in [3.05, 3.63) is 62.7 Å². The van der Waals surface area contributed by atoms with Crippen LogP contribution in [-0.2, 0) is 37.4 Å². The van der Waals surface area contributed by atoms with Crippen molar-refractivity contribution in [2.45, 2.75) is 127 Å². The van der Waals surface area contributed by atoms with E-state index in [0.717, 1.165) is 16.7 Å². The second kappa shape index (κ2) is 16.3. The number of fused-ring (bicyclic) bond motifs is 9. The van der Waals surface area contributed by atoms with Crippen LogP contribution in [0.25, 0.3) is 0 Å². The largest absolute Gasteiger partial charge is 0.514 e. The number of carbonyl (C=O) groups is 2. The number of aliphatic hydroxyl groups is 2. The van der Waals surface area contributed by atoms with E-state index >= 15 is 4.79 Å². The molecule has 0 saturated carbocycles. The summed E-state index contributed by atoms with van der Waals surface area (Å²) < 4.78 is 54.1. The molecule has 18 heteroatoms. The zero-order valence-electron chi connectivity index (χ0n) is 38.7. The first kappa shape index (κ1) is 45.5. The summed E-state index contributed by atoms with van der Waals surface area (Å²) in [4.78, 5) is 32.1. The van der Waals surface area contributed by atoms with Crippen LogP contribution in [-0.4, -0.2) is 120 Å². The Labute approximate surface area is 382 Å². The van der Waals surface area contributed by atoms with Crippen LogP contribution in [0.1, 0.15) is 103 Å². The predicted molar refractivity (Wildman–Crippen MR) is 236 cm³/mol. The Hall–Kier alpha value is -4.69. The maximum atomic E-state index is 15.1. The Morgan fingerprint density at radius 2 is 1.69 bits per heavy atom. The van der Waals surface area contributed by atoms with Crippen molar-refractivity contribution < 1.29 is 67.5 Å². The van der Waals surface area contributed by atoms with Crippen molar-refractivity contribution in [1.29, 1.82) is 0 Å². The van der Waals surface area contributed by atoms with Gasteiger partial charge in [-0.05, 0) is 110 Å². The number of aliphatic hydroxyl groups excluding tert-OH is 2. The number of nitrogens with zero attached hydrogens (tertiary/aromatic N) is 2. The third-order valence-corrected chi connectivity index (χ3v) is 14.7. The molecular weight excluding hydrogens is 863 g/mol. The molecule has 0 aromatic heterocycles. The van der Waals surface area contributed by atoms with Gasteiger partial charge >= 0.3 is 18.6 Å². The van der Waals surface area contributed by atoms with Crippen LogP contribution in [0.5, 0.6) is 40.2 Å².